The molecular weight excluding hydrogens is 222 g/mol. The Labute approximate surface area is 108 Å². The molecule has 2 N–H and O–H groups in total. The van der Waals surface area contributed by atoms with E-state index in [1.165, 1.54) is 48.6 Å². The summed E-state index contributed by atoms with van der Waals surface area (Å²) in [5, 5.41) is 1.24. The third kappa shape index (κ3) is 1.67. The average molecular weight is 243 g/mol. The van der Waals surface area contributed by atoms with Gasteiger partial charge < -0.3 is 10.2 Å². The number of hydrogen-bond donors (Lipinski definition) is 1. The van der Waals surface area contributed by atoms with Crippen LogP contribution in [0, 0.1) is 6.92 Å². The minimum absolute atomic E-state index is 0.141. The van der Waals surface area contributed by atoms with Crippen LogP contribution in [0.15, 0.2) is 28.9 Å². The Morgan fingerprint density at radius 2 is 2.00 bits per heavy atom. The second-order valence-corrected chi connectivity index (χ2v) is 5.65. The Morgan fingerprint density at radius 1 is 1.22 bits per heavy atom. The summed E-state index contributed by atoms with van der Waals surface area (Å²) in [6.07, 6.45) is 8.17. The molecule has 1 heterocycles. The van der Waals surface area contributed by atoms with Gasteiger partial charge in [0.05, 0.1) is 6.26 Å². The minimum atomic E-state index is 0.141. The van der Waals surface area contributed by atoms with Crippen molar-refractivity contribution in [1.82, 2.24) is 0 Å². The number of fused-ring (bicyclic) bond motifs is 1. The number of furan rings is 1. The zero-order valence-electron chi connectivity index (χ0n) is 11.0. The first kappa shape index (κ1) is 11.8. The molecule has 2 aromatic rings. The molecule has 1 fully saturated rings. The molecule has 2 nitrogen and oxygen atoms in total. The molecule has 0 saturated heterocycles. The number of nitrogens with two attached hydrogens (primary N) is 1. The van der Waals surface area contributed by atoms with Crippen molar-refractivity contribution in [2.45, 2.75) is 44.4 Å². The molecule has 0 amide bonds. The second-order valence-electron chi connectivity index (χ2n) is 5.65. The highest BCUT2D eigenvalue weighted by Gasteiger charge is 2.34. The summed E-state index contributed by atoms with van der Waals surface area (Å²) < 4.78 is 5.80. The molecule has 18 heavy (non-hydrogen) atoms. The number of aryl methyl sites for hydroxylation is 1. The summed E-state index contributed by atoms with van der Waals surface area (Å²) in [4.78, 5) is 0. The third-order valence-electron chi connectivity index (χ3n) is 4.57. The van der Waals surface area contributed by atoms with Gasteiger partial charge in [0, 0.05) is 22.9 Å². The average Bonchev–Trinajstić information content (AvgIpc) is 2.81. The van der Waals surface area contributed by atoms with Gasteiger partial charge in [-0.3, -0.25) is 0 Å². The van der Waals surface area contributed by atoms with Crippen LogP contribution in [0.4, 0.5) is 0 Å². The summed E-state index contributed by atoms with van der Waals surface area (Å²) in [5.74, 6) is 0. The van der Waals surface area contributed by atoms with Crippen LogP contribution in [-0.4, -0.2) is 6.54 Å². The highest BCUT2D eigenvalue weighted by atomic mass is 16.3. The van der Waals surface area contributed by atoms with Crippen molar-refractivity contribution in [3.8, 4) is 0 Å². The summed E-state index contributed by atoms with van der Waals surface area (Å²) in [6, 6.07) is 6.50. The molecule has 1 aromatic heterocycles. The van der Waals surface area contributed by atoms with Gasteiger partial charge >= 0.3 is 0 Å². The molecule has 0 aliphatic heterocycles. The maximum Gasteiger partial charge on any atom is 0.137 e. The van der Waals surface area contributed by atoms with E-state index < -0.39 is 0 Å². The number of para-hydroxylation sites is 1. The summed E-state index contributed by atoms with van der Waals surface area (Å²) in [6.45, 7) is 2.83. The van der Waals surface area contributed by atoms with Crippen LogP contribution >= 0.6 is 0 Å². The fraction of sp³-hybridized carbons (Fsp3) is 0.500. The lowest BCUT2D eigenvalue weighted by atomic mass is 9.69. The van der Waals surface area contributed by atoms with E-state index in [0.717, 1.165) is 12.1 Å². The lowest BCUT2D eigenvalue weighted by Crippen LogP contribution is -2.37. The zero-order valence-corrected chi connectivity index (χ0v) is 11.0. The highest BCUT2D eigenvalue weighted by Crippen LogP contribution is 2.42. The van der Waals surface area contributed by atoms with Crippen LogP contribution in [0.1, 0.15) is 43.2 Å². The predicted octanol–water partition coefficient (Wildman–Crippen LogP) is 3.90. The molecular formula is C16H21NO. The molecule has 1 aliphatic rings. The smallest absolute Gasteiger partial charge is 0.137 e. The van der Waals surface area contributed by atoms with Crippen molar-refractivity contribution in [2.24, 2.45) is 5.73 Å². The number of hydrogen-bond acceptors (Lipinski definition) is 2. The summed E-state index contributed by atoms with van der Waals surface area (Å²) >= 11 is 0. The molecule has 0 radical (unpaired) electrons. The van der Waals surface area contributed by atoms with Crippen LogP contribution in [-0.2, 0) is 5.41 Å². The topological polar surface area (TPSA) is 39.2 Å². The Bertz CT molecular complexity index is 549. The van der Waals surface area contributed by atoms with Gasteiger partial charge in [-0.1, -0.05) is 37.5 Å². The number of benzene rings is 1. The number of rotatable bonds is 2. The highest BCUT2D eigenvalue weighted by molar-refractivity contribution is 5.84. The predicted molar refractivity (Wildman–Crippen MR) is 74.8 cm³/mol. The van der Waals surface area contributed by atoms with Gasteiger partial charge in [-0.2, -0.15) is 0 Å². The van der Waals surface area contributed by atoms with Crippen molar-refractivity contribution in [3.63, 3.8) is 0 Å². The van der Waals surface area contributed by atoms with Crippen molar-refractivity contribution in [3.05, 3.63) is 35.6 Å². The fourth-order valence-electron chi connectivity index (χ4n) is 3.41. The molecule has 0 unspecified atom stereocenters. The molecule has 1 aliphatic carbocycles. The standard InChI is InChI=1S/C16H21NO/c1-12-10-18-15-13(12)6-5-7-14(15)16(11-17)8-3-2-4-9-16/h5-7,10H,2-4,8-9,11,17H2,1H3. The van der Waals surface area contributed by atoms with Gasteiger partial charge in [0.25, 0.3) is 0 Å². The first-order valence-electron chi connectivity index (χ1n) is 6.94. The molecule has 0 spiro atoms. The molecule has 3 rings (SSSR count). The van der Waals surface area contributed by atoms with Crippen molar-refractivity contribution < 1.29 is 4.42 Å². The monoisotopic (exact) mass is 243 g/mol. The van der Waals surface area contributed by atoms with Crippen LogP contribution < -0.4 is 5.73 Å². The van der Waals surface area contributed by atoms with Gasteiger partial charge in [0.1, 0.15) is 5.58 Å². The Balaban J connectivity index is 2.17. The van der Waals surface area contributed by atoms with Gasteiger partial charge in [0.15, 0.2) is 0 Å². The van der Waals surface area contributed by atoms with Gasteiger partial charge in [-0.05, 0) is 25.3 Å². The van der Waals surface area contributed by atoms with Crippen LogP contribution in [0.2, 0.25) is 0 Å². The van der Waals surface area contributed by atoms with Gasteiger partial charge in [-0.15, -0.1) is 0 Å². The van der Waals surface area contributed by atoms with Gasteiger partial charge in [-0.25, -0.2) is 0 Å². The van der Waals surface area contributed by atoms with E-state index in [-0.39, 0.29) is 5.41 Å². The van der Waals surface area contributed by atoms with E-state index in [1.54, 1.807) is 0 Å². The molecule has 0 atom stereocenters. The van der Waals surface area contributed by atoms with Crippen LogP contribution in [0.3, 0.4) is 0 Å². The summed E-state index contributed by atoms with van der Waals surface area (Å²) in [7, 11) is 0. The van der Waals surface area contributed by atoms with Crippen LogP contribution in [0.5, 0.6) is 0 Å². The first-order valence-corrected chi connectivity index (χ1v) is 6.94. The van der Waals surface area contributed by atoms with E-state index in [4.69, 9.17) is 10.2 Å². The second kappa shape index (κ2) is 4.43. The first-order chi connectivity index (χ1) is 8.77. The Hall–Kier alpha value is -1.28. The molecule has 96 valence electrons. The zero-order chi connectivity index (χ0) is 12.6. The largest absolute Gasteiger partial charge is 0.464 e. The normalized spacial score (nSPS) is 19.2. The van der Waals surface area contributed by atoms with E-state index in [2.05, 4.69) is 25.1 Å². The molecule has 1 aromatic carbocycles. The quantitative estimate of drug-likeness (QED) is 0.868. The van der Waals surface area contributed by atoms with E-state index >= 15 is 0 Å². The lowest BCUT2D eigenvalue weighted by Gasteiger charge is -2.36. The van der Waals surface area contributed by atoms with E-state index in [9.17, 15) is 0 Å². The maximum atomic E-state index is 6.13. The van der Waals surface area contributed by atoms with Crippen LogP contribution in [0.25, 0.3) is 11.0 Å². The Morgan fingerprint density at radius 3 is 2.72 bits per heavy atom. The van der Waals surface area contributed by atoms with Crippen molar-refractivity contribution in [2.75, 3.05) is 6.54 Å². The minimum Gasteiger partial charge on any atom is -0.464 e. The van der Waals surface area contributed by atoms with Crippen molar-refractivity contribution in [1.29, 1.82) is 0 Å². The third-order valence-corrected chi connectivity index (χ3v) is 4.57. The summed E-state index contributed by atoms with van der Waals surface area (Å²) in [5.41, 5.74) is 9.87. The van der Waals surface area contributed by atoms with E-state index in [0.29, 0.717) is 0 Å². The molecule has 2 heteroatoms. The SMILES string of the molecule is Cc1coc2c(C3(CN)CCCCC3)cccc12. The van der Waals surface area contributed by atoms with Crippen molar-refractivity contribution >= 4 is 11.0 Å². The molecule has 1 saturated carbocycles. The fourth-order valence-corrected chi connectivity index (χ4v) is 3.41. The maximum absolute atomic E-state index is 6.13. The molecule has 0 bridgehead atoms. The van der Waals surface area contributed by atoms with E-state index in [1.807, 2.05) is 6.26 Å². The van der Waals surface area contributed by atoms with Gasteiger partial charge in [0.2, 0.25) is 0 Å². The Kier molecular flexibility index (Phi) is 2.90. The lowest BCUT2D eigenvalue weighted by molar-refractivity contribution is 0.300.